The summed E-state index contributed by atoms with van der Waals surface area (Å²) < 4.78 is 5.92. The first-order valence-corrected chi connectivity index (χ1v) is 7.14. The predicted octanol–water partition coefficient (Wildman–Crippen LogP) is 3.90. The summed E-state index contributed by atoms with van der Waals surface area (Å²) >= 11 is 0. The van der Waals surface area contributed by atoms with E-state index in [0.29, 0.717) is 11.6 Å². The molecule has 2 aromatic rings. The molecule has 0 aliphatic carbocycles. The molecular formula is C17H23N3O. The average Bonchev–Trinajstić information content (AvgIpc) is 2.42. The number of pyridine rings is 1. The van der Waals surface area contributed by atoms with Crippen LogP contribution in [0.4, 0.5) is 11.5 Å². The second-order valence-electron chi connectivity index (χ2n) is 6.16. The molecule has 0 atom stereocenters. The number of nitrogens with zero attached hydrogens (tertiary/aromatic N) is 1. The summed E-state index contributed by atoms with van der Waals surface area (Å²) in [5.41, 5.74) is 14.3. The second-order valence-corrected chi connectivity index (χ2v) is 6.16. The number of rotatable bonds is 3. The number of aromatic nitrogens is 1. The number of benzene rings is 1. The summed E-state index contributed by atoms with van der Waals surface area (Å²) in [5.74, 6) is 1.54. The van der Waals surface area contributed by atoms with Crippen molar-refractivity contribution in [1.82, 2.24) is 4.98 Å². The van der Waals surface area contributed by atoms with Crippen molar-refractivity contribution in [3.05, 3.63) is 41.5 Å². The van der Waals surface area contributed by atoms with Gasteiger partial charge in [-0.2, -0.15) is 4.98 Å². The minimum Gasteiger partial charge on any atom is -0.439 e. The summed E-state index contributed by atoms with van der Waals surface area (Å²) in [5, 5.41) is 0. The molecule has 1 aromatic heterocycles. The van der Waals surface area contributed by atoms with E-state index in [0.717, 1.165) is 17.7 Å². The average molecular weight is 285 g/mol. The zero-order valence-corrected chi connectivity index (χ0v) is 13.1. The largest absolute Gasteiger partial charge is 0.439 e. The van der Waals surface area contributed by atoms with Gasteiger partial charge in [-0.1, -0.05) is 39.8 Å². The third kappa shape index (κ3) is 3.45. The Labute approximate surface area is 126 Å². The lowest BCUT2D eigenvalue weighted by molar-refractivity contribution is 0.440. The van der Waals surface area contributed by atoms with Crippen LogP contribution in [-0.2, 0) is 11.8 Å². The van der Waals surface area contributed by atoms with E-state index in [1.165, 1.54) is 5.56 Å². The zero-order valence-electron chi connectivity index (χ0n) is 13.1. The van der Waals surface area contributed by atoms with Gasteiger partial charge >= 0.3 is 0 Å². The van der Waals surface area contributed by atoms with Crippen molar-refractivity contribution in [2.24, 2.45) is 0 Å². The van der Waals surface area contributed by atoms with E-state index >= 15 is 0 Å². The van der Waals surface area contributed by atoms with E-state index in [1.807, 2.05) is 6.07 Å². The van der Waals surface area contributed by atoms with Gasteiger partial charge in [0.15, 0.2) is 5.82 Å². The molecule has 1 aromatic carbocycles. The van der Waals surface area contributed by atoms with E-state index in [1.54, 1.807) is 12.1 Å². The molecule has 0 spiro atoms. The van der Waals surface area contributed by atoms with Crippen LogP contribution in [0.5, 0.6) is 11.6 Å². The van der Waals surface area contributed by atoms with Crippen LogP contribution in [0.15, 0.2) is 30.3 Å². The third-order valence-electron chi connectivity index (χ3n) is 3.41. The summed E-state index contributed by atoms with van der Waals surface area (Å²) in [6.07, 6.45) is 0.996. The summed E-state index contributed by atoms with van der Waals surface area (Å²) in [6, 6.07) is 9.69. The molecule has 0 bridgehead atoms. The van der Waals surface area contributed by atoms with Crippen LogP contribution >= 0.6 is 0 Å². The van der Waals surface area contributed by atoms with Crippen molar-refractivity contribution in [1.29, 1.82) is 0 Å². The van der Waals surface area contributed by atoms with E-state index in [9.17, 15) is 0 Å². The van der Waals surface area contributed by atoms with Gasteiger partial charge < -0.3 is 16.2 Å². The Balaban J connectivity index is 2.41. The Hall–Kier alpha value is -2.23. The van der Waals surface area contributed by atoms with Gasteiger partial charge in [0.1, 0.15) is 5.75 Å². The highest BCUT2D eigenvalue weighted by Gasteiger charge is 2.20. The van der Waals surface area contributed by atoms with Gasteiger partial charge in [-0.25, -0.2) is 0 Å². The lowest BCUT2D eigenvalue weighted by atomic mass is 9.85. The number of nitrogens with two attached hydrogens (primary N) is 2. The number of hydrogen-bond acceptors (Lipinski definition) is 4. The molecule has 0 unspecified atom stereocenters. The van der Waals surface area contributed by atoms with Crippen LogP contribution in [0.2, 0.25) is 0 Å². The van der Waals surface area contributed by atoms with E-state index in [-0.39, 0.29) is 11.2 Å². The quantitative estimate of drug-likeness (QED) is 0.897. The van der Waals surface area contributed by atoms with Crippen LogP contribution in [0.25, 0.3) is 0 Å². The van der Waals surface area contributed by atoms with Crippen LogP contribution < -0.4 is 16.2 Å². The maximum atomic E-state index is 5.92. The second kappa shape index (κ2) is 5.64. The van der Waals surface area contributed by atoms with Gasteiger partial charge in [0.2, 0.25) is 5.88 Å². The molecule has 0 fully saturated rings. The fraction of sp³-hybridized carbons (Fsp3) is 0.353. The van der Waals surface area contributed by atoms with Crippen LogP contribution in [0, 0.1) is 0 Å². The SMILES string of the molecule is CCc1ccc(Oc2ccc(N)c(N)n2)c(C(C)(C)C)c1. The molecule has 21 heavy (non-hydrogen) atoms. The number of aryl methyl sites for hydroxylation is 1. The van der Waals surface area contributed by atoms with Crippen molar-refractivity contribution in [3.63, 3.8) is 0 Å². The highest BCUT2D eigenvalue weighted by Crippen LogP contribution is 2.35. The molecular weight excluding hydrogens is 262 g/mol. The summed E-state index contributed by atoms with van der Waals surface area (Å²) in [7, 11) is 0. The van der Waals surface area contributed by atoms with Crippen LogP contribution in [0.3, 0.4) is 0 Å². The van der Waals surface area contributed by atoms with E-state index in [4.69, 9.17) is 16.2 Å². The Morgan fingerprint density at radius 2 is 1.81 bits per heavy atom. The molecule has 112 valence electrons. The van der Waals surface area contributed by atoms with Gasteiger partial charge in [-0.05, 0) is 29.5 Å². The Morgan fingerprint density at radius 1 is 1.10 bits per heavy atom. The maximum Gasteiger partial charge on any atom is 0.221 e. The van der Waals surface area contributed by atoms with E-state index in [2.05, 4.69) is 44.8 Å². The molecule has 4 heteroatoms. The Bertz CT molecular complexity index is 645. The minimum atomic E-state index is -0.0140. The summed E-state index contributed by atoms with van der Waals surface area (Å²) in [6.45, 7) is 8.64. The standard InChI is InChI=1S/C17H23N3O/c1-5-11-6-8-14(12(10-11)17(2,3)4)21-15-9-7-13(18)16(19)20-15/h6-10H,5,18H2,1-4H3,(H2,19,20). The van der Waals surface area contributed by atoms with Gasteiger partial charge in [0, 0.05) is 11.6 Å². The maximum absolute atomic E-state index is 5.92. The monoisotopic (exact) mass is 285 g/mol. The molecule has 0 saturated heterocycles. The zero-order chi connectivity index (χ0) is 15.6. The van der Waals surface area contributed by atoms with Crippen molar-refractivity contribution in [2.75, 3.05) is 11.5 Å². The number of ether oxygens (including phenoxy) is 1. The van der Waals surface area contributed by atoms with E-state index < -0.39 is 0 Å². The molecule has 4 nitrogen and oxygen atoms in total. The topological polar surface area (TPSA) is 74.2 Å². The fourth-order valence-corrected chi connectivity index (χ4v) is 2.11. The lowest BCUT2D eigenvalue weighted by Crippen LogP contribution is -2.13. The minimum absolute atomic E-state index is 0.0140. The summed E-state index contributed by atoms with van der Waals surface area (Å²) in [4.78, 5) is 4.16. The fourth-order valence-electron chi connectivity index (χ4n) is 2.11. The molecule has 0 radical (unpaired) electrons. The normalized spacial score (nSPS) is 11.4. The predicted molar refractivity (Wildman–Crippen MR) is 87.7 cm³/mol. The first-order chi connectivity index (χ1) is 9.81. The molecule has 0 saturated carbocycles. The third-order valence-corrected chi connectivity index (χ3v) is 3.41. The van der Waals surface area contributed by atoms with Gasteiger partial charge in [0.05, 0.1) is 5.69 Å². The van der Waals surface area contributed by atoms with Crippen LogP contribution in [0.1, 0.15) is 38.8 Å². The van der Waals surface area contributed by atoms with Gasteiger partial charge in [0.25, 0.3) is 0 Å². The molecule has 1 heterocycles. The van der Waals surface area contributed by atoms with Crippen molar-refractivity contribution >= 4 is 11.5 Å². The smallest absolute Gasteiger partial charge is 0.221 e. The van der Waals surface area contributed by atoms with Crippen LogP contribution in [-0.4, -0.2) is 4.98 Å². The Morgan fingerprint density at radius 3 is 2.38 bits per heavy atom. The molecule has 2 rings (SSSR count). The van der Waals surface area contributed by atoms with Gasteiger partial charge in [-0.3, -0.25) is 0 Å². The number of hydrogen-bond donors (Lipinski definition) is 2. The molecule has 0 aliphatic rings. The highest BCUT2D eigenvalue weighted by molar-refractivity contribution is 5.59. The lowest BCUT2D eigenvalue weighted by Gasteiger charge is -2.23. The van der Waals surface area contributed by atoms with Gasteiger partial charge in [-0.15, -0.1) is 0 Å². The number of anilines is 2. The first kappa shape index (κ1) is 15.2. The molecule has 0 aliphatic heterocycles. The Kier molecular flexibility index (Phi) is 4.07. The first-order valence-electron chi connectivity index (χ1n) is 7.14. The van der Waals surface area contributed by atoms with Crippen molar-refractivity contribution in [3.8, 4) is 11.6 Å². The molecule has 4 N–H and O–H groups in total. The number of nitrogen functional groups attached to an aromatic ring is 2. The highest BCUT2D eigenvalue weighted by atomic mass is 16.5. The molecule has 0 amide bonds. The van der Waals surface area contributed by atoms with Crippen molar-refractivity contribution in [2.45, 2.75) is 39.5 Å². The van der Waals surface area contributed by atoms with Crippen molar-refractivity contribution < 1.29 is 4.74 Å².